The van der Waals surface area contributed by atoms with Gasteiger partial charge in [-0.25, -0.2) is 4.90 Å². The molecule has 4 amide bonds. The molecule has 6 atom stereocenters. The minimum absolute atomic E-state index is 0.0586. The summed E-state index contributed by atoms with van der Waals surface area (Å²) in [5.41, 5.74) is 0.216. The first-order valence-corrected chi connectivity index (χ1v) is 16.8. The van der Waals surface area contributed by atoms with Crippen LogP contribution in [0.2, 0.25) is 5.02 Å². The van der Waals surface area contributed by atoms with Crippen molar-refractivity contribution in [3.8, 4) is 11.5 Å². The number of carbonyl (C=O) groups excluding carboxylic acids is 4. The maximum absolute atomic E-state index is 15.3. The lowest BCUT2D eigenvalue weighted by molar-refractivity contribution is -0.384. The number of benzene rings is 4. The van der Waals surface area contributed by atoms with E-state index in [0.717, 1.165) is 9.80 Å². The number of nitro benzene ring substituents is 1. The largest absolute Gasteiger partial charge is 0.508 e. The summed E-state index contributed by atoms with van der Waals surface area (Å²) in [7, 11) is 1.46. The van der Waals surface area contributed by atoms with Gasteiger partial charge >= 0.3 is 0 Å². The molecule has 1 saturated carbocycles. The maximum Gasteiger partial charge on any atom is 0.269 e. The van der Waals surface area contributed by atoms with E-state index in [1.165, 1.54) is 37.4 Å². The summed E-state index contributed by atoms with van der Waals surface area (Å²) < 4.78 is 5.81. The minimum atomic E-state index is -1.59. The van der Waals surface area contributed by atoms with Gasteiger partial charge in [0.25, 0.3) is 5.69 Å². The average Bonchev–Trinajstić information content (AvgIpc) is 3.52. The number of hydrogen-bond acceptors (Lipinski definition) is 8. The lowest BCUT2D eigenvalue weighted by Crippen LogP contribution is -2.53. The van der Waals surface area contributed by atoms with Crippen LogP contribution >= 0.6 is 11.6 Å². The van der Waals surface area contributed by atoms with Gasteiger partial charge in [0.05, 0.1) is 46.6 Å². The third-order valence-corrected chi connectivity index (χ3v) is 11.3. The SMILES string of the molecule is COc1cccc(O)c1C1C2=CCC3C(=O)N(c4ccc([N+](=O)[O-])cc4)C(=O)C3C2CC2C(=O)N(c3cccc(Cl)c3)C(=O)C21c1ccccc1. The van der Waals surface area contributed by atoms with Crippen LogP contribution in [0, 0.1) is 33.8 Å². The summed E-state index contributed by atoms with van der Waals surface area (Å²) in [6.07, 6.45) is 2.10. The van der Waals surface area contributed by atoms with Crippen molar-refractivity contribution in [3.05, 3.63) is 135 Å². The molecule has 3 fully saturated rings. The predicted molar refractivity (Wildman–Crippen MR) is 186 cm³/mol. The highest BCUT2D eigenvalue weighted by Gasteiger charge is 2.71. The molecule has 0 radical (unpaired) electrons. The number of aromatic hydroxyl groups is 1. The fourth-order valence-electron chi connectivity index (χ4n) is 9.04. The van der Waals surface area contributed by atoms with Gasteiger partial charge in [0.15, 0.2) is 0 Å². The Morgan fingerprint density at radius 3 is 2.25 bits per heavy atom. The molecule has 8 rings (SSSR count). The van der Waals surface area contributed by atoms with Crippen molar-refractivity contribution >= 4 is 52.3 Å². The normalized spacial score (nSPS) is 26.8. The number of non-ortho nitro benzene ring substituents is 1. The maximum atomic E-state index is 15.3. The van der Waals surface area contributed by atoms with Crippen LogP contribution in [0.3, 0.4) is 0 Å². The van der Waals surface area contributed by atoms with Gasteiger partial charge in [-0.05, 0) is 66.8 Å². The number of nitro groups is 1. The number of hydrogen-bond donors (Lipinski definition) is 1. The molecule has 4 aromatic rings. The molecule has 0 aromatic heterocycles. The Bertz CT molecular complexity index is 2190. The molecular weight excluding hydrogens is 674 g/mol. The zero-order chi connectivity index (χ0) is 35.8. The molecule has 256 valence electrons. The van der Waals surface area contributed by atoms with Crippen LogP contribution in [0.25, 0.3) is 0 Å². The summed E-state index contributed by atoms with van der Waals surface area (Å²) in [6.45, 7) is 0. The van der Waals surface area contributed by atoms with Crippen LogP contribution < -0.4 is 14.5 Å². The first kappa shape index (κ1) is 32.4. The Morgan fingerprint density at radius 2 is 1.57 bits per heavy atom. The summed E-state index contributed by atoms with van der Waals surface area (Å²) in [5.74, 6) is -6.17. The number of amides is 4. The number of anilines is 2. The first-order valence-electron chi connectivity index (χ1n) is 16.5. The molecule has 0 spiro atoms. The van der Waals surface area contributed by atoms with Crippen LogP contribution in [0.4, 0.5) is 17.1 Å². The Balaban J connectivity index is 1.35. The van der Waals surface area contributed by atoms with E-state index < -0.39 is 63.6 Å². The van der Waals surface area contributed by atoms with Crippen LogP contribution in [0.1, 0.15) is 29.9 Å². The molecule has 2 heterocycles. The molecule has 51 heavy (non-hydrogen) atoms. The molecule has 0 bridgehead atoms. The van der Waals surface area contributed by atoms with E-state index in [-0.39, 0.29) is 35.7 Å². The summed E-state index contributed by atoms with van der Waals surface area (Å²) in [6, 6.07) is 25.5. The molecule has 11 nitrogen and oxygen atoms in total. The second kappa shape index (κ2) is 11.9. The third kappa shape index (κ3) is 4.57. The fourth-order valence-corrected chi connectivity index (χ4v) is 9.22. The highest BCUT2D eigenvalue weighted by atomic mass is 35.5. The van der Waals surface area contributed by atoms with Crippen molar-refractivity contribution in [1.29, 1.82) is 0 Å². The zero-order valence-corrected chi connectivity index (χ0v) is 27.9. The number of phenols is 1. The van der Waals surface area contributed by atoms with Crippen LogP contribution in [0.5, 0.6) is 11.5 Å². The molecule has 6 unspecified atom stereocenters. The van der Waals surface area contributed by atoms with Crippen molar-refractivity contribution in [2.24, 2.45) is 23.7 Å². The van der Waals surface area contributed by atoms with E-state index in [1.807, 2.05) is 12.1 Å². The number of methoxy groups -OCH3 is 1. The van der Waals surface area contributed by atoms with Crippen LogP contribution in [-0.4, -0.2) is 40.8 Å². The number of imide groups is 2. The van der Waals surface area contributed by atoms with Gasteiger partial charge in [-0.15, -0.1) is 0 Å². The van der Waals surface area contributed by atoms with Crippen molar-refractivity contribution in [1.82, 2.24) is 0 Å². The molecule has 12 heteroatoms. The average molecular weight is 704 g/mol. The molecule has 4 aliphatic rings. The van der Waals surface area contributed by atoms with Gasteiger partial charge in [-0.3, -0.25) is 34.2 Å². The van der Waals surface area contributed by atoms with Crippen molar-refractivity contribution in [2.75, 3.05) is 16.9 Å². The Labute approximate surface area is 296 Å². The highest BCUT2D eigenvalue weighted by Crippen LogP contribution is 2.66. The van der Waals surface area contributed by atoms with Crippen LogP contribution in [-0.2, 0) is 24.6 Å². The quantitative estimate of drug-likeness (QED) is 0.106. The van der Waals surface area contributed by atoms with E-state index in [0.29, 0.717) is 27.5 Å². The van der Waals surface area contributed by atoms with Gasteiger partial charge in [-0.2, -0.15) is 0 Å². The van der Waals surface area contributed by atoms with Crippen molar-refractivity contribution in [2.45, 2.75) is 24.2 Å². The molecule has 2 aliphatic heterocycles. The van der Waals surface area contributed by atoms with E-state index >= 15 is 4.79 Å². The monoisotopic (exact) mass is 703 g/mol. The minimum Gasteiger partial charge on any atom is -0.508 e. The lowest BCUT2D eigenvalue weighted by atomic mass is 9.49. The van der Waals surface area contributed by atoms with Gasteiger partial charge in [0, 0.05) is 28.6 Å². The fraction of sp³-hybridized carbons (Fsp3) is 0.231. The number of allylic oxidation sites excluding steroid dienone is 2. The number of rotatable bonds is 6. The van der Waals surface area contributed by atoms with Crippen molar-refractivity contribution < 1.29 is 33.9 Å². The number of fused-ring (bicyclic) bond motifs is 4. The molecule has 2 saturated heterocycles. The molecule has 4 aromatic carbocycles. The third-order valence-electron chi connectivity index (χ3n) is 11.0. The summed E-state index contributed by atoms with van der Waals surface area (Å²) >= 11 is 6.37. The number of halogens is 1. The summed E-state index contributed by atoms with van der Waals surface area (Å²) in [5, 5.41) is 23.3. The zero-order valence-electron chi connectivity index (χ0n) is 27.1. The molecule has 2 aliphatic carbocycles. The number of phenolic OH excluding ortho intramolecular Hbond substituents is 1. The van der Waals surface area contributed by atoms with Crippen LogP contribution in [0.15, 0.2) is 109 Å². The van der Waals surface area contributed by atoms with E-state index in [4.69, 9.17) is 16.3 Å². The Kier molecular flexibility index (Phi) is 7.57. The van der Waals surface area contributed by atoms with Crippen molar-refractivity contribution in [3.63, 3.8) is 0 Å². The molecule has 1 N–H and O–H groups in total. The van der Waals surface area contributed by atoms with E-state index in [9.17, 15) is 29.6 Å². The summed E-state index contributed by atoms with van der Waals surface area (Å²) in [4.78, 5) is 71.6. The smallest absolute Gasteiger partial charge is 0.269 e. The van der Waals surface area contributed by atoms with Gasteiger partial charge < -0.3 is 9.84 Å². The van der Waals surface area contributed by atoms with Gasteiger partial charge in [0.2, 0.25) is 23.6 Å². The standard InChI is InChI=1S/C39H30ClN3O8/c1-51-31-12-6-11-30(44)33(31)34-26-17-18-27-32(37(47)41(35(27)45)23-13-15-24(16-14-23)43(49)50)28(26)20-29-36(46)42(25-10-5-9-22(40)19-25)38(48)39(29,34)21-7-3-2-4-8-21/h2-17,19,27-29,32,34,44H,18,20H2,1H3. The Morgan fingerprint density at radius 1 is 0.843 bits per heavy atom. The van der Waals surface area contributed by atoms with E-state index in [2.05, 4.69) is 0 Å². The second-order valence-electron chi connectivity index (χ2n) is 13.3. The lowest BCUT2D eigenvalue weighted by Gasteiger charge is -2.51. The number of carbonyl (C=O) groups is 4. The predicted octanol–water partition coefficient (Wildman–Crippen LogP) is 6.33. The first-order chi connectivity index (χ1) is 24.6. The topological polar surface area (TPSA) is 147 Å². The van der Waals surface area contributed by atoms with E-state index in [1.54, 1.807) is 60.7 Å². The molecular formula is C39H30ClN3O8. The van der Waals surface area contributed by atoms with Gasteiger partial charge in [-0.1, -0.05) is 65.7 Å². The number of ether oxygens (including phenoxy) is 1. The number of nitrogens with zero attached hydrogens (tertiary/aromatic N) is 3. The Hall–Kier alpha value is -5.81. The second-order valence-corrected chi connectivity index (χ2v) is 13.7. The van der Waals surface area contributed by atoms with Gasteiger partial charge in [0.1, 0.15) is 11.5 Å². The highest BCUT2D eigenvalue weighted by molar-refractivity contribution is 6.32.